The second-order valence-electron chi connectivity index (χ2n) is 3.09. The van der Waals surface area contributed by atoms with Crippen LogP contribution in [0.15, 0.2) is 0 Å². The van der Waals surface area contributed by atoms with Crippen molar-refractivity contribution < 1.29 is 19.4 Å². The number of aliphatic carboxylic acids is 1. The Kier molecular flexibility index (Phi) is 5.82. The van der Waals surface area contributed by atoms with Gasteiger partial charge in [-0.3, -0.25) is 0 Å². The van der Waals surface area contributed by atoms with Crippen molar-refractivity contribution in [2.45, 2.75) is 36.8 Å². The van der Waals surface area contributed by atoms with Crippen molar-refractivity contribution >= 4 is 34.7 Å². The number of hydrogen-bond donors (Lipinski definition) is 2. The number of halogens is 1. The van der Waals surface area contributed by atoms with Crippen molar-refractivity contribution in [2.24, 2.45) is 0 Å². The molecule has 0 aliphatic rings. The number of alkyl carbamates (subject to hydrolysis) is 1. The third kappa shape index (κ3) is 5.25. The molecule has 0 bridgehead atoms. The van der Waals surface area contributed by atoms with Crippen LogP contribution in [0.5, 0.6) is 0 Å². The molecule has 1 unspecified atom stereocenters. The number of ether oxygens (including phenoxy) is 1. The van der Waals surface area contributed by atoms with Crippen LogP contribution in [0.4, 0.5) is 4.79 Å². The van der Waals surface area contributed by atoms with E-state index in [9.17, 15) is 9.59 Å². The van der Waals surface area contributed by atoms with Gasteiger partial charge in [-0.15, -0.1) is 0 Å². The quantitative estimate of drug-likeness (QED) is 0.607. The number of amides is 1. The van der Waals surface area contributed by atoms with Crippen LogP contribution in [0.3, 0.4) is 0 Å². The van der Waals surface area contributed by atoms with Gasteiger partial charge in [0.25, 0.3) is 0 Å². The van der Waals surface area contributed by atoms with Crippen molar-refractivity contribution in [3.63, 3.8) is 0 Å². The van der Waals surface area contributed by atoms with E-state index in [-0.39, 0.29) is 10.0 Å². The molecular weight excluding hydrogens is 301 g/mol. The molecule has 0 aromatic rings. The van der Waals surface area contributed by atoms with Gasteiger partial charge in [0.05, 0.1) is 6.10 Å². The number of rotatable bonds is 4. The number of carboxylic acids is 1. The molecule has 0 fully saturated rings. The van der Waals surface area contributed by atoms with E-state index in [0.29, 0.717) is 0 Å². The Morgan fingerprint density at radius 3 is 2.14 bits per heavy atom. The van der Waals surface area contributed by atoms with Crippen LogP contribution < -0.4 is 5.32 Å². The first kappa shape index (κ1) is 13.5. The Labute approximate surface area is 96.3 Å². The summed E-state index contributed by atoms with van der Waals surface area (Å²) in [4.78, 5) is 21.8. The fourth-order valence-electron chi connectivity index (χ4n) is 0.748. The topological polar surface area (TPSA) is 75.6 Å². The maximum atomic E-state index is 11.1. The van der Waals surface area contributed by atoms with Gasteiger partial charge in [-0.2, -0.15) is 0 Å². The van der Waals surface area contributed by atoms with Crippen molar-refractivity contribution in [1.29, 1.82) is 0 Å². The fourth-order valence-corrected chi connectivity index (χ4v) is 1.24. The van der Waals surface area contributed by atoms with E-state index < -0.39 is 18.1 Å². The molecule has 0 aromatic heterocycles. The normalized spacial score (nSPS) is 14.6. The van der Waals surface area contributed by atoms with Gasteiger partial charge in [-0.25, -0.2) is 9.59 Å². The van der Waals surface area contributed by atoms with Crippen LogP contribution in [0.25, 0.3) is 0 Å². The average molecular weight is 315 g/mol. The lowest BCUT2D eigenvalue weighted by molar-refractivity contribution is -0.139. The summed E-state index contributed by atoms with van der Waals surface area (Å²) in [5.41, 5.74) is 0. The third-order valence-electron chi connectivity index (χ3n) is 1.34. The monoisotopic (exact) mass is 315 g/mol. The van der Waals surface area contributed by atoms with E-state index in [2.05, 4.69) is 5.32 Å². The molecule has 82 valence electrons. The zero-order valence-corrected chi connectivity index (χ0v) is 10.4. The van der Waals surface area contributed by atoms with Gasteiger partial charge in [0.1, 0.15) is 6.04 Å². The van der Waals surface area contributed by atoms with Crippen molar-refractivity contribution in [3.05, 3.63) is 0 Å². The Morgan fingerprint density at radius 2 is 1.86 bits per heavy atom. The second kappa shape index (κ2) is 6.05. The van der Waals surface area contributed by atoms with E-state index in [0.717, 1.165) is 0 Å². The number of nitrogens with one attached hydrogen (secondary N) is 1. The molecule has 5 nitrogen and oxygen atoms in total. The highest BCUT2D eigenvalue weighted by Gasteiger charge is 2.25. The minimum Gasteiger partial charge on any atom is -0.480 e. The number of carbonyl (C=O) groups is 2. The summed E-state index contributed by atoms with van der Waals surface area (Å²) >= 11 is 1.94. The molecule has 0 saturated carbocycles. The average Bonchev–Trinajstić information content (AvgIpc) is 1.97. The lowest BCUT2D eigenvalue weighted by Gasteiger charge is -2.17. The summed E-state index contributed by atoms with van der Waals surface area (Å²) in [5, 5.41) is 11.0. The first-order valence-corrected chi connectivity index (χ1v) is 5.43. The van der Waals surface area contributed by atoms with E-state index >= 15 is 0 Å². The number of carbonyl (C=O) groups excluding carboxylic acids is 1. The van der Waals surface area contributed by atoms with Gasteiger partial charge < -0.3 is 15.2 Å². The SMILES string of the molecule is CC(C)OC(=O)N[C@H](C(=O)O)C(C)I. The first-order chi connectivity index (χ1) is 6.34. The van der Waals surface area contributed by atoms with Crippen molar-refractivity contribution in [2.75, 3.05) is 0 Å². The highest BCUT2D eigenvalue weighted by Crippen LogP contribution is 2.06. The Hall–Kier alpha value is -0.530. The standard InChI is InChI=1S/C8H14INO4/c1-4(2)14-8(13)10-6(5(3)9)7(11)12/h4-6H,1-3H3,(H,10,13)(H,11,12)/t5?,6-/m0/s1. The highest BCUT2D eigenvalue weighted by molar-refractivity contribution is 14.1. The zero-order valence-electron chi connectivity index (χ0n) is 8.28. The second-order valence-corrected chi connectivity index (χ2v) is 5.06. The largest absolute Gasteiger partial charge is 0.480 e. The van der Waals surface area contributed by atoms with Crippen molar-refractivity contribution in [1.82, 2.24) is 5.32 Å². The molecular formula is C8H14INO4. The van der Waals surface area contributed by atoms with E-state index in [4.69, 9.17) is 9.84 Å². The van der Waals surface area contributed by atoms with Crippen LogP contribution in [0.1, 0.15) is 20.8 Å². The Balaban J connectivity index is 4.17. The molecule has 2 N–H and O–H groups in total. The number of carboxylic acid groups (broad SMARTS) is 1. The molecule has 14 heavy (non-hydrogen) atoms. The van der Waals surface area contributed by atoms with Crippen LogP contribution in [0, 0.1) is 0 Å². The minimum absolute atomic E-state index is 0.204. The molecule has 0 radical (unpaired) electrons. The van der Waals surface area contributed by atoms with E-state index in [1.807, 2.05) is 22.6 Å². The zero-order chi connectivity index (χ0) is 11.3. The lowest BCUT2D eigenvalue weighted by Crippen LogP contribution is -2.46. The summed E-state index contributed by atoms with van der Waals surface area (Å²) < 4.78 is 4.56. The number of hydrogen-bond acceptors (Lipinski definition) is 3. The predicted octanol–water partition coefficient (Wildman–Crippen LogP) is 1.40. The van der Waals surface area contributed by atoms with Gasteiger partial charge in [0, 0.05) is 3.92 Å². The minimum atomic E-state index is -1.06. The molecule has 2 atom stereocenters. The van der Waals surface area contributed by atoms with E-state index in [1.165, 1.54) is 0 Å². The van der Waals surface area contributed by atoms with Crippen LogP contribution >= 0.6 is 22.6 Å². The van der Waals surface area contributed by atoms with Gasteiger partial charge in [0.2, 0.25) is 0 Å². The molecule has 0 heterocycles. The van der Waals surface area contributed by atoms with Crippen molar-refractivity contribution in [3.8, 4) is 0 Å². The smallest absolute Gasteiger partial charge is 0.408 e. The Bertz CT molecular complexity index is 217. The summed E-state index contributed by atoms with van der Waals surface area (Å²) in [7, 11) is 0. The van der Waals surface area contributed by atoms with Crippen LogP contribution in [-0.2, 0) is 9.53 Å². The highest BCUT2D eigenvalue weighted by atomic mass is 127. The predicted molar refractivity (Wildman–Crippen MR) is 59.7 cm³/mol. The number of alkyl halides is 1. The van der Waals surface area contributed by atoms with Gasteiger partial charge in [-0.05, 0) is 13.8 Å². The molecule has 0 rings (SSSR count). The lowest BCUT2D eigenvalue weighted by atomic mass is 10.2. The van der Waals surface area contributed by atoms with Gasteiger partial charge in [0.15, 0.2) is 0 Å². The van der Waals surface area contributed by atoms with E-state index in [1.54, 1.807) is 20.8 Å². The molecule has 1 amide bonds. The molecule has 0 spiro atoms. The Morgan fingerprint density at radius 1 is 1.36 bits per heavy atom. The summed E-state index contributed by atoms with van der Waals surface area (Å²) in [6, 6.07) is -0.915. The van der Waals surface area contributed by atoms with Gasteiger partial charge >= 0.3 is 12.1 Å². The summed E-state index contributed by atoms with van der Waals surface area (Å²) in [6.07, 6.45) is -0.954. The third-order valence-corrected chi connectivity index (χ3v) is 2.06. The molecule has 0 saturated heterocycles. The maximum Gasteiger partial charge on any atom is 0.408 e. The molecule has 0 aliphatic heterocycles. The first-order valence-electron chi connectivity index (χ1n) is 4.18. The molecule has 0 aromatic carbocycles. The summed E-state index contributed by atoms with van der Waals surface area (Å²) in [5.74, 6) is -1.06. The van der Waals surface area contributed by atoms with Crippen LogP contribution in [-0.4, -0.2) is 33.2 Å². The molecule has 0 aliphatic carbocycles. The van der Waals surface area contributed by atoms with Crippen LogP contribution in [0.2, 0.25) is 0 Å². The molecule has 6 heteroatoms. The maximum absolute atomic E-state index is 11.1. The summed E-state index contributed by atoms with van der Waals surface area (Å²) in [6.45, 7) is 5.10. The van der Waals surface area contributed by atoms with Gasteiger partial charge in [-0.1, -0.05) is 29.5 Å². The fraction of sp³-hybridized carbons (Fsp3) is 0.750.